The Morgan fingerprint density at radius 1 is 1.00 bits per heavy atom. The van der Waals surface area contributed by atoms with E-state index in [0.717, 1.165) is 63.4 Å². The van der Waals surface area contributed by atoms with Crippen molar-refractivity contribution in [3.8, 4) is 0 Å². The van der Waals surface area contributed by atoms with Gasteiger partial charge < -0.3 is 34.3 Å². The number of carbonyl (C=O) groups excluding carboxylic acids is 1. The Balaban J connectivity index is 1.16. The predicted molar refractivity (Wildman–Crippen MR) is 138 cm³/mol. The second kappa shape index (κ2) is 9.52. The summed E-state index contributed by atoms with van der Waals surface area (Å²) in [5.74, 6) is 1.22. The maximum absolute atomic E-state index is 12.4. The highest BCUT2D eigenvalue weighted by molar-refractivity contribution is 5.85. The molecule has 6 aliphatic rings. The highest BCUT2D eigenvalue weighted by Gasteiger charge is 2.67. The van der Waals surface area contributed by atoms with E-state index < -0.39 is 36.3 Å². The zero-order chi connectivity index (χ0) is 27.0. The number of ether oxygens (including phenoxy) is 4. The Morgan fingerprint density at radius 3 is 2.50 bits per heavy atom. The van der Waals surface area contributed by atoms with Gasteiger partial charge in [-0.3, -0.25) is 0 Å². The fourth-order valence-corrected chi connectivity index (χ4v) is 10.1. The summed E-state index contributed by atoms with van der Waals surface area (Å²) < 4.78 is 22.8. The van der Waals surface area contributed by atoms with E-state index in [-0.39, 0.29) is 34.7 Å². The maximum Gasteiger partial charge on any atom is 0.331 e. The van der Waals surface area contributed by atoms with Gasteiger partial charge in [-0.25, -0.2) is 4.79 Å². The lowest BCUT2D eigenvalue weighted by Crippen LogP contribution is -2.62. The van der Waals surface area contributed by atoms with Gasteiger partial charge in [0.2, 0.25) is 0 Å². The maximum atomic E-state index is 12.4. The SMILES string of the molecule is COC1C(O)C(C)OC(OC2CC[C@@]3(C)[C@H](CC[C@@H]4[C@H]3CC[C@]3(C)C(C5=CC(=O)OC5)CC[C@]43O)C2)C1O. The van der Waals surface area contributed by atoms with Gasteiger partial charge in [-0.05, 0) is 99.4 Å². The first-order valence-corrected chi connectivity index (χ1v) is 14.8. The Hall–Kier alpha value is -1.03. The number of hydrogen-bond donors (Lipinski definition) is 3. The number of aliphatic hydroxyl groups is 3. The van der Waals surface area contributed by atoms with E-state index in [1.807, 2.05) is 0 Å². The van der Waals surface area contributed by atoms with E-state index in [1.54, 1.807) is 13.0 Å². The van der Waals surface area contributed by atoms with Gasteiger partial charge in [-0.2, -0.15) is 0 Å². The molecule has 0 aromatic heterocycles. The van der Waals surface area contributed by atoms with Gasteiger partial charge in [-0.1, -0.05) is 13.8 Å². The molecule has 0 spiro atoms. The lowest BCUT2D eigenvalue weighted by molar-refractivity contribution is -0.313. The molecule has 13 atom stereocenters. The molecule has 0 aromatic carbocycles. The van der Waals surface area contributed by atoms with Gasteiger partial charge in [-0.15, -0.1) is 0 Å². The fourth-order valence-electron chi connectivity index (χ4n) is 10.1. The molecular formula is C30H46O8. The number of rotatable bonds is 4. The zero-order valence-electron chi connectivity index (χ0n) is 23.3. The number of esters is 1. The number of hydrogen-bond acceptors (Lipinski definition) is 8. The van der Waals surface area contributed by atoms with Crippen molar-refractivity contribution in [1.82, 2.24) is 0 Å². The van der Waals surface area contributed by atoms with Crippen LogP contribution in [0.5, 0.6) is 0 Å². The number of aliphatic hydroxyl groups excluding tert-OH is 2. The molecule has 4 aliphatic carbocycles. The first kappa shape index (κ1) is 27.2. The second-order valence-electron chi connectivity index (χ2n) is 13.7. The Labute approximate surface area is 226 Å². The average molecular weight is 535 g/mol. The molecule has 2 aliphatic heterocycles. The summed E-state index contributed by atoms with van der Waals surface area (Å²) in [6.07, 6.45) is 6.45. The van der Waals surface area contributed by atoms with E-state index in [0.29, 0.717) is 18.4 Å². The lowest BCUT2D eigenvalue weighted by atomic mass is 9.43. The monoisotopic (exact) mass is 534 g/mol. The van der Waals surface area contributed by atoms with Gasteiger partial charge in [0.25, 0.3) is 0 Å². The van der Waals surface area contributed by atoms with Crippen LogP contribution >= 0.6 is 0 Å². The smallest absolute Gasteiger partial charge is 0.331 e. The topological polar surface area (TPSA) is 115 Å². The van der Waals surface area contributed by atoms with Crippen molar-refractivity contribution in [2.45, 2.75) is 121 Å². The fraction of sp³-hybridized carbons (Fsp3) is 0.900. The predicted octanol–water partition coefficient (Wildman–Crippen LogP) is 3.11. The summed E-state index contributed by atoms with van der Waals surface area (Å²) in [4.78, 5) is 11.8. The van der Waals surface area contributed by atoms with E-state index in [2.05, 4.69) is 13.8 Å². The summed E-state index contributed by atoms with van der Waals surface area (Å²) in [6, 6.07) is 0. The van der Waals surface area contributed by atoms with Crippen LogP contribution < -0.4 is 0 Å². The minimum absolute atomic E-state index is 0.0103. The van der Waals surface area contributed by atoms with Gasteiger partial charge in [0.05, 0.1) is 17.8 Å². The molecule has 4 saturated carbocycles. The standard InChI is InChI=1S/C30H46O8/c1-16-24(32)26(35-4)25(33)27(37-16)38-19-7-10-28(2)18(14-19)5-6-22-21(28)8-11-29(3)20(9-12-30(22,29)34)17-13-23(31)36-15-17/h13,16,18-22,24-27,32-34H,5-12,14-15H2,1-4H3/t16?,18-,19?,20?,21-,22-,24?,25?,26?,27?,28+,29-,30+/m1/s1. The quantitative estimate of drug-likeness (QED) is 0.372. The second-order valence-corrected chi connectivity index (χ2v) is 13.7. The van der Waals surface area contributed by atoms with Crippen molar-refractivity contribution in [1.29, 1.82) is 0 Å². The first-order chi connectivity index (χ1) is 18.0. The van der Waals surface area contributed by atoms with E-state index in [4.69, 9.17) is 18.9 Å². The molecule has 8 nitrogen and oxygen atoms in total. The third kappa shape index (κ3) is 3.88. The molecule has 0 bridgehead atoms. The molecule has 7 unspecified atom stereocenters. The van der Waals surface area contributed by atoms with E-state index >= 15 is 0 Å². The van der Waals surface area contributed by atoms with Crippen molar-refractivity contribution >= 4 is 5.97 Å². The van der Waals surface area contributed by atoms with E-state index in [9.17, 15) is 20.1 Å². The van der Waals surface area contributed by atoms with Gasteiger partial charge >= 0.3 is 5.97 Å². The Bertz CT molecular complexity index is 968. The molecule has 214 valence electrons. The number of carbonyl (C=O) groups is 1. The highest BCUT2D eigenvalue weighted by atomic mass is 16.7. The van der Waals surface area contributed by atoms with Crippen LogP contribution in [0.15, 0.2) is 11.6 Å². The number of fused-ring (bicyclic) bond motifs is 5. The normalized spacial score (nSPS) is 54.5. The third-order valence-corrected chi connectivity index (χ3v) is 12.3. The summed E-state index contributed by atoms with van der Waals surface area (Å²) >= 11 is 0. The minimum Gasteiger partial charge on any atom is -0.458 e. The van der Waals surface area contributed by atoms with Crippen molar-refractivity contribution in [2.75, 3.05) is 13.7 Å². The third-order valence-electron chi connectivity index (χ3n) is 12.3. The van der Waals surface area contributed by atoms with Gasteiger partial charge in [0, 0.05) is 18.6 Å². The van der Waals surface area contributed by atoms with E-state index in [1.165, 1.54) is 7.11 Å². The summed E-state index contributed by atoms with van der Waals surface area (Å²) in [6.45, 7) is 6.87. The van der Waals surface area contributed by atoms with Crippen LogP contribution in [0.3, 0.4) is 0 Å². The minimum atomic E-state index is -1.04. The Kier molecular flexibility index (Phi) is 6.80. The Morgan fingerprint density at radius 2 is 1.79 bits per heavy atom. The molecule has 0 aromatic rings. The molecule has 38 heavy (non-hydrogen) atoms. The highest BCUT2D eigenvalue weighted by Crippen LogP contribution is 2.70. The zero-order valence-corrected chi connectivity index (χ0v) is 23.3. The molecule has 2 heterocycles. The summed E-state index contributed by atoms with van der Waals surface area (Å²) in [7, 11) is 1.49. The molecule has 1 saturated heterocycles. The summed E-state index contributed by atoms with van der Waals surface area (Å²) in [5.41, 5.74) is 0.300. The van der Waals surface area contributed by atoms with Crippen LogP contribution in [0.25, 0.3) is 0 Å². The van der Waals surface area contributed by atoms with Crippen LogP contribution in [0.2, 0.25) is 0 Å². The number of cyclic esters (lactones) is 1. The van der Waals surface area contributed by atoms with Crippen LogP contribution in [0.4, 0.5) is 0 Å². The van der Waals surface area contributed by atoms with Crippen LogP contribution in [-0.2, 0) is 23.7 Å². The van der Waals surface area contributed by atoms with Crippen LogP contribution in [-0.4, -0.2) is 77.4 Å². The molecule has 8 heteroatoms. The summed E-state index contributed by atoms with van der Waals surface area (Å²) in [5, 5.41) is 33.5. The van der Waals surface area contributed by atoms with Crippen molar-refractivity contribution in [2.24, 2.45) is 34.5 Å². The molecule has 6 rings (SSSR count). The molecule has 0 radical (unpaired) electrons. The first-order valence-electron chi connectivity index (χ1n) is 14.8. The molecular weight excluding hydrogens is 488 g/mol. The van der Waals surface area contributed by atoms with Gasteiger partial charge in [0.1, 0.15) is 24.9 Å². The molecule has 3 N–H and O–H groups in total. The van der Waals surface area contributed by atoms with Crippen molar-refractivity contribution in [3.05, 3.63) is 11.6 Å². The van der Waals surface area contributed by atoms with Crippen LogP contribution in [0.1, 0.15) is 78.6 Å². The lowest BCUT2D eigenvalue weighted by Gasteiger charge is -2.64. The van der Waals surface area contributed by atoms with Crippen molar-refractivity contribution < 1.29 is 39.1 Å². The van der Waals surface area contributed by atoms with Crippen molar-refractivity contribution in [3.63, 3.8) is 0 Å². The molecule has 5 fully saturated rings. The van der Waals surface area contributed by atoms with Gasteiger partial charge in [0.15, 0.2) is 6.29 Å². The number of methoxy groups -OCH3 is 1. The molecule has 0 amide bonds. The average Bonchev–Trinajstić information content (AvgIpc) is 3.43. The largest absolute Gasteiger partial charge is 0.458 e. The van der Waals surface area contributed by atoms with Crippen LogP contribution in [0, 0.1) is 34.5 Å².